The molecule has 2 saturated heterocycles. The molecule has 4 aliphatic heterocycles. The van der Waals surface area contributed by atoms with E-state index in [1.165, 1.54) is 0 Å². The monoisotopic (exact) mass is 569 g/mol. The molecule has 4 aliphatic rings. The molecular weight excluding hydrogens is 530 g/mol. The van der Waals surface area contributed by atoms with E-state index in [-0.39, 0.29) is 24.3 Å². The van der Waals surface area contributed by atoms with Crippen molar-refractivity contribution in [2.24, 2.45) is 11.8 Å². The van der Waals surface area contributed by atoms with E-state index in [4.69, 9.17) is 4.74 Å². The van der Waals surface area contributed by atoms with E-state index in [0.717, 1.165) is 24.0 Å². The molecule has 0 aliphatic carbocycles. The Balaban J connectivity index is 1.33. The average Bonchev–Trinajstić information content (AvgIpc) is 3.33. The number of ether oxygens (including phenoxy) is 1. The maximum absolute atomic E-state index is 14.4. The third-order valence-electron chi connectivity index (χ3n) is 9.07. The SMILES string of the molecule is O=C1C2N(CCCCCCO)C(=O)[C@@H]3[C@@H]4C(=O)N(Cc5ccccc5)CC=C[C@@H]4O[C@]23C=CCN1Cc1ccccc1. The number of carbonyl (C=O) groups excluding carboxylic acids is 3. The van der Waals surface area contributed by atoms with Gasteiger partial charge in [0.1, 0.15) is 11.6 Å². The van der Waals surface area contributed by atoms with Crippen LogP contribution in [0.1, 0.15) is 36.8 Å². The number of benzene rings is 2. The van der Waals surface area contributed by atoms with Crippen LogP contribution in [0.25, 0.3) is 0 Å². The van der Waals surface area contributed by atoms with E-state index in [0.29, 0.717) is 45.6 Å². The molecule has 42 heavy (non-hydrogen) atoms. The molecule has 8 nitrogen and oxygen atoms in total. The van der Waals surface area contributed by atoms with Gasteiger partial charge in [0, 0.05) is 39.3 Å². The van der Waals surface area contributed by atoms with Gasteiger partial charge in [-0.2, -0.15) is 0 Å². The first-order valence-electron chi connectivity index (χ1n) is 15.1. The molecule has 1 N–H and O–H groups in total. The smallest absolute Gasteiger partial charge is 0.249 e. The Hall–Kier alpha value is -3.75. The lowest BCUT2D eigenvalue weighted by Gasteiger charge is -2.35. The molecule has 0 aromatic heterocycles. The number of rotatable bonds is 10. The summed E-state index contributed by atoms with van der Waals surface area (Å²) in [5.41, 5.74) is 0.821. The number of likely N-dealkylation sites (tertiary alicyclic amines) is 1. The number of amides is 3. The second kappa shape index (κ2) is 12.2. The van der Waals surface area contributed by atoms with Crippen LogP contribution in [0.3, 0.4) is 0 Å². The summed E-state index contributed by atoms with van der Waals surface area (Å²) >= 11 is 0. The summed E-state index contributed by atoms with van der Waals surface area (Å²) in [7, 11) is 0. The zero-order chi connectivity index (χ0) is 29.1. The van der Waals surface area contributed by atoms with E-state index < -0.39 is 29.6 Å². The minimum atomic E-state index is -1.21. The zero-order valence-electron chi connectivity index (χ0n) is 23.9. The quantitative estimate of drug-likeness (QED) is 0.350. The van der Waals surface area contributed by atoms with Crippen molar-refractivity contribution in [2.45, 2.75) is 56.5 Å². The van der Waals surface area contributed by atoms with E-state index in [2.05, 4.69) is 0 Å². The molecule has 0 radical (unpaired) electrons. The van der Waals surface area contributed by atoms with Crippen molar-refractivity contribution in [1.82, 2.24) is 14.7 Å². The minimum absolute atomic E-state index is 0.112. The Morgan fingerprint density at radius 3 is 2.05 bits per heavy atom. The van der Waals surface area contributed by atoms with Crippen LogP contribution in [0.5, 0.6) is 0 Å². The molecule has 8 heteroatoms. The number of nitrogens with zero attached hydrogens (tertiary/aromatic N) is 3. The summed E-state index contributed by atoms with van der Waals surface area (Å²) in [4.78, 5) is 48.2. The highest BCUT2D eigenvalue weighted by Gasteiger charge is 2.71. The van der Waals surface area contributed by atoms with Gasteiger partial charge < -0.3 is 24.5 Å². The maximum Gasteiger partial charge on any atom is 0.249 e. The molecule has 0 bridgehead atoms. The van der Waals surface area contributed by atoms with E-state index in [9.17, 15) is 19.5 Å². The number of hydrogen-bond acceptors (Lipinski definition) is 5. The predicted octanol–water partition coefficient (Wildman–Crippen LogP) is 3.32. The van der Waals surface area contributed by atoms with Gasteiger partial charge in [-0.1, -0.05) is 97.8 Å². The Kier molecular flexibility index (Phi) is 8.27. The van der Waals surface area contributed by atoms with Crippen LogP contribution in [0.4, 0.5) is 0 Å². The van der Waals surface area contributed by atoms with E-state index in [1.54, 1.807) is 14.7 Å². The lowest BCUT2D eigenvalue weighted by molar-refractivity contribution is -0.148. The largest absolute Gasteiger partial charge is 0.396 e. The average molecular weight is 570 g/mol. The third kappa shape index (κ3) is 5.18. The van der Waals surface area contributed by atoms with Gasteiger partial charge in [0.2, 0.25) is 17.7 Å². The second-order valence-corrected chi connectivity index (χ2v) is 11.8. The Bertz CT molecular complexity index is 1350. The van der Waals surface area contributed by atoms with Crippen LogP contribution in [0, 0.1) is 11.8 Å². The van der Waals surface area contributed by atoms with Crippen molar-refractivity contribution < 1.29 is 24.2 Å². The highest BCUT2D eigenvalue weighted by Crippen LogP contribution is 2.53. The Labute approximate surface area is 247 Å². The summed E-state index contributed by atoms with van der Waals surface area (Å²) in [6.45, 7) is 2.26. The van der Waals surface area contributed by atoms with Gasteiger partial charge in [-0.25, -0.2) is 0 Å². The molecule has 6 rings (SSSR count). The summed E-state index contributed by atoms with van der Waals surface area (Å²) in [6, 6.07) is 18.9. The first-order chi connectivity index (χ1) is 20.5. The number of unbranched alkanes of at least 4 members (excludes halogenated alkanes) is 3. The van der Waals surface area contributed by atoms with Gasteiger partial charge >= 0.3 is 0 Å². The molecule has 4 heterocycles. The zero-order valence-corrected chi connectivity index (χ0v) is 23.9. The number of carbonyl (C=O) groups is 3. The summed E-state index contributed by atoms with van der Waals surface area (Å²) < 4.78 is 6.76. The second-order valence-electron chi connectivity index (χ2n) is 11.8. The van der Waals surface area contributed by atoms with Crippen LogP contribution in [0.15, 0.2) is 85.0 Å². The fourth-order valence-electron chi connectivity index (χ4n) is 7.12. The standard InChI is InChI=1S/C34H39N3O5/c38-22-10-2-1-9-21-37-30-33(41)36(24-26-15-7-4-8-16-26)20-12-18-34(30)29(32(37)40)28-27(42-34)17-11-19-35(31(28)39)23-25-13-5-3-6-14-25/h3-8,11-18,27-30,38H,1-2,9-10,19-24H2/t27-,28+,29-,30?,34-/m0/s1. The van der Waals surface area contributed by atoms with Crippen molar-refractivity contribution in [3.63, 3.8) is 0 Å². The summed E-state index contributed by atoms with van der Waals surface area (Å²) in [5, 5.41) is 9.19. The van der Waals surface area contributed by atoms with Crippen molar-refractivity contribution in [3.8, 4) is 0 Å². The number of hydrogen-bond donors (Lipinski definition) is 1. The molecule has 5 atom stereocenters. The lowest BCUT2D eigenvalue weighted by Crippen LogP contribution is -2.55. The molecular formula is C34H39N3O5. The van der Waals surface area contributed by atoms with Gasteiger partial charge in [0.15, 0.2) is 0 Å². The Morgan fingerprint density at radius 1 is 0.762 bits per heavy atom. The number of aliphatic hydroxyl groups excluding tert-OH is 1. The number of aliphatic hydroxyl groups is 1. The molecule has 0 saturated carbocycles. The van der Waals surface area contributed by atoms with E-state index in [1.807, 2.05) is 85.0 Å². The molecule has 2 fully saturated rings. The minimum Gasteiger partial charge on any atom is -0.396 e. The van der Waals surface area contributed by atoms with Gasteiger partial charge in [0.25, 0.3) is 0 Å². The maximum atomic E-state index is 14.4. The molecule has 2 aromatic carbocycles. The number of fused-ring (bicyclic) bond motifs is 2. The van der Waals surface area contributed by atoms with Crippen LogP contribution in [-0.4, -0.2) is 81.5 Å². The predicted molar refractivity (Wildman–Crippen MR) is 158 cm³/mol. The van der Waals surface area contributed by atoms with Crippen molar-refractivity contribution >= 4 is 17.7 Å². The van der Waals surface area contributed by atoms with Gasteiger partial charge in [-0.15, -0.1) is 0 Å². The normalized spacial score (nSPS) is 28.5. The fraction of sp³-hybridized carbons (Fsp3) is 0.441. The van der Waals surface area contributed by atoms with Crippen LogP contribution in [0.2, 0.25) is 0 Å². The molecule has 220 valence electrons. The van der Waals surface area contributed by atoms with Crippen LogP contribution >= 0.6 is 0 Å². The van der Waals surface area contributed by atoms with Gasteiger partial charge in [-0.3, -0.25) is 14.4 Å². The highest BCUT2D eigenvalue weighted by atomic mass is 16.5. The first-order valence-corrected chi connectivity index (χ1v) is 15.1. The molecule has 3 amide bonds. The molecule has 1 unspecified atom stereocenters. The van der Waals surface area contributed by atoms with Crippen molar-refractivity contribution in [3.05, 3.63) is 96.1 Å². The third-order valence-corrected chi connectivity index (χ3v) is 9.07. The highest BCUT2D eigenvalue weighted by molar-refractivity contribution is 5.99. The fourth-order valence-corrected chi connectivity index (χ4v) is 7.12. The summed E-state index contributed by atoms with van der Waals surface area (Å²) in [6.07, 6.45) is 10.2. The summed E-state index contributed by atoms with van der Waals surface area (Å²) in [5.74, 6) is -1.93. The topological polar surface area (TPSA) is 90.4 Å². The van der Waals surface area contributed by atoms with Gasteiger partial charge in [0.05, 0.1) is 17.9 Å². The lowest BCUT2D eigenvalue weighted by atomic mass is 9.77. The Morgan fingerprint density at radius 2 is 1.38 bits per heavy atom. The van der Waals surface area contributed by atoms with Crippen LogP contribution in [-0.2, 0) is 32.2 Å². The van der Waals surface area contributed by atoms with Crippen molar-refractivity contribution in [1.29, 1.82) is 0 Å². The van der Waals surface area contributed by atoms with Crippen molar-refractivity contribution in [2.75, 3.05) is 26.2 Å². The first kappa shape index (κ1) is 28.4. The van der Waals surface area contributed by atoms with Crippen LogP contribution < -0.4 is 0 Å². The van der Waals surface area contributed by atoms with E-state index >= 15 is 0 Å². The molecule has 1 spiro atoms. The molecule has 2 aromatic rings. The van der Waals surface area contributed by atoms with Gasteiger partial charge in [-0.05, 0) is 24.0 Å².